The first-order valence-corrected chi connectivity index (χ1v) is 14.7. The third-order valence-corrected chi connectivity index (χ3v) is 7.89. The number of para-hydroxylation sites is 1. The number of aromatic nitrogens is 3. The molecule has 0 fully saturated rings. The van der Waals surface area contributed by atoms with Gasteiger partial charge in [-0.2, -0.15) is 0 Å². The van der Waals surface area contributed by atoms with Crippen molar-refractivity contribution in [3.05, 3.63) is 66.5 Å². The molecular weight excluding hydrogens is 556 g/mol. The molecular formula is C33H40N8O3. The molecule has 4 N–H and O–H groups in total. The molecule has 2 aromatic heterocycles. The van der Waals surface area contributed by atoms with Gasteiger partial charge in [0.05, 0.1) is 35.4 Å². The molecule has 11 heteroatoms. The minimum Gasteiger partial charge on any atom is -0.494 e. The van der Waals surface area contributed by atoms with Crippen LogP contribution < -0.4 is 26.0 Å². The second-order valence-corrected chi connectivity index (χ2v) is 11.3. The molecule has 5 rings (SSSR count). The van der Waals surface area contributed by atoms with E-state index in [-0.39, 0.29) is 18.2 Å². The van der Waals surface area contributed by atoms with Crippen LogP contribution >= 0.6 is 0 Å². The van der Waals surface area contributed by atoms with Gasteiger partial charge in [0.1, 0.15) is 5.75 Å². The molecule has 11 nitrogen and oxygen atoms in total. The lowest BCUT2D eigenvalue weighted by atomic mass is 9.99. The third-order valence-electron chi connectivity index (χ3n) is 7.89. The van der Waals surface area contributed by atoms with Gasteiger partial charge in [0.2, 0.25) is 17.8 Å². The van der Waals surface area contributed by atoms with Crippen molar-refractivity contribution in [1.82, 2.24) is 19.4 Å². The van der Waals surface area contributed by atoms with Gasteiger partial charge in [0.15, 0.2) is 0 Å². The van der Waals surface area contributed by atoms with E-state index >= 15 is 0 Å². The topological polar surface area (TPSA) is 131 Å². The summed E-state index contributed by atoms with van der Waals surface area (Å²) < 4.78 is 8.07. The predicted octanol–water partition coefficient (Wildman–Crippen LogP) is 4.34. The molecule has 4 aromatic rings. The number of benzene rings is 2. The Balaban J connectivity index is 1.58. The SMILES string of the molecule is C=CC(=O)Nc1cc(Nc2ncc(CCC(N)=O)c(-c3cn4c5c(cccc35)CCC4)n2)c(OC)cc1N(C)CCN(C)C. The van der Waals surface area contributed by atoms with Crippen LogP contribution in [0.25, 0.3) is 22.2 Å². The zero-order valence-electron chi connectivity index (χ0n) is 25.8. The quantitative estimate of drug-likeness (QED) is 0.194. The standard InChI is InChI=1S/C33H40N8O3/c1-6-30(43)36-25-17-26(28(44-5)18-27(25)40(4)16-15-39(2)3)37-33-35-19-22(12-13-29(34)42)31(38-33)24-20-41-14-8-10-21-9-7-11-23(24)32(21)41/h6-7,9,11,17-20H,1,8,10,12-16H2,2-5H3,(H2,34,42)(H,36,43)(H,35,37,38). The number of anilines is 4. The number of carbonyl (C=O) groups excluding carboxylic acids is 2. The number of ether oxygens (including phenoxy) is 1. The van der Waals surface area contributed by atoms with Gasteiger partial charge in [0, 0.05) is 62.5 Å². The number of likely N-dealkylation sites (N-methyl/N-ethyl adjacent to an activating group) is 2. The normalized spacial score (nSPS) is 12.3. The maximum Gasteiger partial charge on any atom is 0.247 e. The average molecular weight is 597 g/mol. The average Bonchev–Trinajstić information content (AvgIpc) is 3.39. The van der Waals surface area contributed by atoms with E-state index in [2.05, 4.69) is 61.0 Å². The highest BCUT2D eigenvalue weighted by molar-refractivity contribution is 6.02. The molecule has 0 saturated heterocycles. The first-order chi connectivity index (χ1) is 21.2. The van der Waals surface area contributed by atoms with Crippen LogP contribution in [0.5, 0.6) is 5.75 Å². The van der Waals surface area contributed by atoms with Crippen molar-refractivity contribution in [1.29, 1.82) is 0 Å². The smallest absolute Gasteiger partial charge is 0.247 e. The summed E-state index contributed by atoms with van der Waals surface area (Å²) in [6.45, 7) is 6.09. The summed E-state index contributed by atoms with van der Waals surface area (Å²) in [5.74, 6) is 0.204. The molecule has 1 aliphatic heterocycles. The van der Waals surface area contributed by atoms with Gasteiger partial charge >= 0.3 is 0 Å². The molecule has 0 unspecified atom stereocenters. The first kappa shape index (κ1) is 30.6. The van der Waals surface area contributed by atoms with Crippen molar-refractivity contribution in [2.24, 2.45) is 5.73 Å². The van der Waals surface area contributed by atoms with Crippen LogP contribution in [0.4, 0.5) is 23.0 Å². The highest BCUT2D eigenvalue weighted by Crippen LogP contribution is 2.39. The molecule has 2 aromatic carbocycles. The van der Waals surface area contributed by atoms with E-state index in [1.54, 1.807) is 13.3 Å². The van der Waals surface area contributed by atoms with Gasteiger partial charge in [-0.1, -0.05) is 24.8 Å². The second kappa shape index (κ2) is 13.2. The number of methoxy groups -OCH3 is 1. The summed E-state index contributed by atoms with van der Waals surface area (Å²) >= 11 is 0. The molecule has 0 spiro atoms. The Morgan fingerprint density at radius 3 is 2.73 bits per heavy atom. The summed E-state index contributed by atoms with van der Waals surface area (Å²) in [5.41, 5.74) is 12.6. The molecule has 3 heterocycles. The van der Waals surface area contributed by atoms with Gasteiger partial charge in [-0.15, -0.1) is 0 Å². The number of hydrogen-bond donors (Lipinski definition) is 3. The zero-order valence-corrected chi connectivity index (χ0v) is 25.8. The Morgan fingerprint density at radius 2 is 2.00 bits per heavy atom. The molecule has 0 bridgehead atoms. The number of hydrogen-bond acceptors (Lipinski definition) is 8. The number of aryl methyl sites for hydroxylation is 3. The number of primary amides is 1. The third kappa shape index (κ3) is 6.52. The van der Waals surface area contributed by atoms with Crippen molar-refractivity contribution in [2.75, 3.05) is 56.9 Å². The monoisotopic (exact) mass is 596 g/mol. The van der Waals surface area contributed by atoms with Crippen molar-refractivity contribution in [3.63, 3.8) is 0 Å². The number of nitrogens with zero attached hydrogens (tertiary/aromatic N) is 5. The predicted molar refractivity (Wildman–Crippen MR) is 176 cm³/mol. The van der Waals surface area contributed by atoms with Crippen LogP contribution in [-0.2, 0) is 29.0 Å². The molecule has 0 aliphatic carbocycles. The molecule has 0 saturated carbocycles. The van der Waals surface area contributed by atoms with Crippen molar-refractivity contribution in [3.8, 4) is 17.0 Å². The lowest BCUT2D eigenvalue weighted by molar-refractivity contribution is -0.118. The molecule has 0 atom stereocenters. The van der Waals surface area contributed by atoms with Gasteiger partial charge in [-0.25, -0.2) is 9.97 Å². The molecule has 44 heavy (non-hydrogen) atoms. The van der Waals surface area contributed by atoms with Gasteiger partial charge in [0.25, 0.3) is 0 Å². The highest BCUT2D eigenvalue weighted by Gasteiger charge is 2.22. The van der Waals surface area contributed by atoms with Crippen molar-refractivity contribution >= 4 is 45.7 Å². The second-order valence-electron chi connectivity index (χ2n) is 11.3. The summed E-state index contributed by atoms with van der Waals surface area (Å²) in [7, 11) is 7.59. The molecule has 0 radical (unpaired) electrons. The van der Waals surface area contributed by atoms with Gasteiger partial charge < -0.3 is 35.5 Å². The summed E-state index contributed by atoms with van der Waals surface area (Å²) in [4.78, 5) is 37.8. The molecule has 230 valence electrons. The van der Waals surface area contributed by atoms with Crippen molar-refractivity contribution in [2.45, 2.75) is 32.2 Å². The van der Waals surface area contributed by atoms with Crippen LogP contribution in [0.1, 0.15) is 24.0 Å². The van der Waals surface area contributed by atoms with Crippen LogP contribution in [0.2, 0.25) is 0 Å². The Bertz CT molecular complexity index is 1710. The largest absolute Gasteiger partial charge is 0.494 e. The Labute approximate surface area is 257 Å². The van der Waals surface area contributed by atoms with Crippen LogP contribution in [-0.4, -0.2) is 72.6 Å². The Morgan fingerprint density at radius 1 is 1.18 bits per heavy atom. The fourth-order valence-corrected chi connectivity index (χ4v) is 5.61. The minimum absolute atomic E-state index is 0.190. The van der Waals surface area contributed by atoms with Gasteiger partial charge in [-0.05, 0) is 56.6 Å². The lowest BCUT2D eigenvalue weighted by Gasteiger charge is -2.26. The van der Waals surface area contributed by atoms with E-state index < -0.39 is 0 Å². The fourth-order valence-electron chi connectivity index (χ4n) is 5.61. The number of rotatable bonds is 13. The first-order valence-electron chi connectivity index (χ1n) is 14.7. The lowest BCUT2D eigenvalue weighted by Crippen LogP contribution is -2.29. The van der Waals surface area contributed by atoms with Crippen LogP contribution in [0, 0.1) is 0 Å². The molecule has 1 aliphatic rings. The zero-order chi connectivity index (χ0) is 31.4. The Hall–Kier alpha value is -4.90. The number of nitrogens with one attached hydrogen (secondary N) is 2. The van der Waals surface area contributed by atoms with E-state index in [9.17, 15) is 9.59 Å². The van der Waals surface area contributed by atoms with E-state index in [1.807, 2.05) is 33.3 Å². The summed E-state index contributed by atoms with van der Waals surface area (Å²) in [5, 5.41) is 7.36. The summed E-state index contributed by atoms with van der Waals surface area (Å²) in [6.07, 6.45) is 7.86. The number of carbonyl (C=O) groups is 2. The van der Waals surface area contributed by atoms with E-state index in [0.29, 0.717) is 29.5 Å². The molecule has 2 amide bonds. The fraction of sp³-hybridized carbons (Fsp3) is 0.333. The van der Waals surface area contributed by atoms with Gasteiger partial charge in [-0.3, -0.25) is 9.59 Å². The van der Waals surface area contributed by atoms with E-state index in [1.165, 1.54) is 17.2 Å². The van der Waals surface area contributed by atoms with Crippen LogP contribution in [0.3, 0.4) is 0 Å². The van der Waals surface area contributed by atoms with E-state index in [4.69, 9.17) is 15.5 Å². The number of amides is 2. The van der Waals surface area contributed by atoms with Crippen molar-refractivity contribution < 1.29 is 14.3 Å². The Kier molecular flexibility index (Phi) is 9.15. The minimum atomic E-state index is -0.379. The maximum absolute atomic E-state index is 12.4. The maximum atomic E-state index is 12.4. The summed E-state index contributed by atoms with van der Waals surface area (Å²) in [6, 6.07) is 10.1. The number of nitrogens with two attached hydrogens (primary N) is 1. The highest BCUT2D eigenvalue weighted by atomic mass is 16.5. The van der Waals surface area contributed by atoms with E-state index in [0.717, 1.165) is 60.4 Å². The van der Waals surface area contributed by atoms with Crippen LogP contribution in [0.15, 0.2) is 55.4 Å².